The number of primary amides is 1. The Hall–Kier alpha value is -3.08. The van der Waals surface area contributed by atoms with Gasteiger partial charge >= 0.3 is 5.97 Å². The molecule has 0 saturated heterocycles. The van der Waals surface area contributed by atoms with Gasteiger partial charge in [-0.25, -0.2) is 4.79 Å². The van der Waals surface area contributed by atoms with Crippen LogP contribution < -0.4 is 10.5 Å². The summed E-state index contributed by atoms with van der Waals surface area (Å²) in [5.74, 6) is -1.23. The third-order valence-corrected chi connectivity index (χ3v) is 2.88. The van der Waals surface area contributed by atoms with Crippen molar-refractivity contribution in [3.63, 3.8) is 0 Å². The lowest BCUT2D eigenvalue weighted by atomic mass is 10.1. The highest BCUT2D eigenvalue weighted by Gasteiger charge is 2.06. The van der Waals surface area contributed by atoms with E-state index in [1.807, 2.05) is 30.3 Å². The molecule has 0 aliphatic rings. The molecule has 1 amide bonds. The van der Waals surface area contributed by atoms with Crippen LogP contribution in [0, 0.1) is 0 Å². The molecule has 5 nitrogen and oxygen atoms in total. The number of hydrogen-bond donors (Lipinski definition) is 2. The van der Waals surface area contributed by atoms with Gasteiger partial charge in [-0.15, -0.1) is 0 Å². The molecule has 22 heavy (non-hydrogen) atoms. The highest BCUT2D eigenvalue weighted by Crippen LogP contribution is 2.19. The molecular formula is C17H15NO4. The lowest BCUT2D eigenvalue weighted by molar-refractivity contribution is -0.131. The number of carboxylic acids is 1. The Morgan fingerprint density at radius 1 is 1.14 bits per heavy atom. The van der Waals surface area contributed by atoms with Gasteiger partial charge in [0, 0.05) is 11.6 Å². The van der Waals surface area contributed by atoms with Crippen LogP contribution in [0.3, 0.4) is 0 Å². The lowest BCUT2D eigenvalue weighted by Gasteiger charge is -2.09. The molecule has 0 unspecified atom stereocenters. The molecule has 0 saturated carbocycles. The molecular weight excluding hydrogens is 282 g/mol. The highest BCUT2D eigenvalue weighted by atomic mass is 16.5. The second-order valence-corrected chi connectivity index (χ2v) is 4.60. The van der Waals surface area contributed by atoms with Crippen LogP contribution in [0.1, 0.15) is 21.5 Å². The molecule has 0 heterocycles. The SMILES string of the molecule is NC(=O)c1cc(/C=C/C(=O)O)cc(OCc2ccccc2)c1. The zero-order chi connectivity index (χ0) is 15.9. The molecule has 112 valence electrons. The molecule has 0 fully saturated rings. The van der Waals surface area contributed by atoms with Gasteiger partial charge in [0.25, 0.3) is 0 Å². The maximum atomic E-state index is 11.3. The first-order valence-electron chi connectivity index (χ1n) is 6.57. The summed E-state index contributed by atoms with van der Waals surface area (Å²) < 4.78 is 5.64. The van der Waals surface area contributed by atoms with Gasteiger partial charge < -0.3 is 15.6 Å². The topological polar surface area (TPSA) is 89.6 Å². The quantitative estimate of drug-likeness (QED) is 0.801. The first kappa shape index (κ1) is 15.3. The highest BCUT2D eigenvalue weighted by molar-refractivity contribution is 5.94. The summed E-state index contributed by atoms with van der Waals surface area (Å²) in [5.41, 5.74) is 7.05. The number of aliphatic carboxylic acids is 1. The normalized spacial score (nSPS) is 10.5. The number of amides is 1. The summed E-state index contributed by atoms with van der Waals surface area (Å²) in [6, 6.07) is 14.2. The average Bonchev–Trinajstić information content (AvgIpc) is 2.52. The van der Waals surface area contributed by atoms with Crippen LogP contribution in [0.4, 0.5) is 0 Å². The van der Waals surface area contributed by atoms with Crippen molar-refractivity contribution in [1.29, 1.82) is 0 Å². The number of rotatable bonds is 6. The summed E-state index contributed by atoms with van der Waals surface area (Å²) in [4.78, 5) is 21.9. The smallest absolute Gasteiger partial charge is 0.328 e. The van der Waals surface area contributed by atoms with E-state index in [0.29, 0.717) is 17.9 Å². The van der Waals surface area contributed by atoms with Gasteiger partial charge in [0.15, 0.2) is 0 Å². The van der Waals surface area contributed by atoms with Crippen LogP contribution in [-0.4, -0.2) is 17.0 Å². The fourth-order valence-electron chi connectivity index (χ4n) is 1.85. The predicted molar refractivity (Wildman–Crippen MR) is 82.4 cm³/mol. The fraction of sp³-hybridized carbons (Fsp3) is 0.0588. The van der Waals surface area contributed by atoms with Crippen molar-refractivity contribution < 1.29 is 19.4 Å². The van der Waals surface area contributed by atoms with Crippen molar-refractivity contribution in [3.8, 4) is 5.75 Å². The average molecular weight is 297 g/mol. The summed E-state index contributed by atoms with van der Waals surface area (Å²) >= 11 is 0. The molecule has 2 aromatic rings. The van der Waals surface area contributed by atoms with Gasteiger partial charge in [-0.05, 0) is 35.4 Å². The summed E-state index contributed by atoms with van der Waals surface area (Å²) in [6.45, 7) is 0.338. The van der Waals surface area contributed by atoms with Crippen molar-refractivity contribution >= 4 is 18.0 Å². The maximum Gasteiger partial charge on any atom is 0.328 e. The minimum absolute atomic E-state index is 0.260. The van der Waals surface area contributed by atoms with E-state index >= 15 is 0 Å². The molecule has 0 spiro atoms. The Balaban J connectivity index is 2.22. The number of benzene rings is 2. The van der Waals surface area contributed by atoms with Gasteiger partial charge in [0.05, 0.1) is 0 Å². The van der Waals surface area contributed by atoms with Crippen LogP contribution >= 0.6 is 0 Å². The Bertz CT molecular complexity index is 708. The molecule has 0 bridgehead atoms. The van der Waals surface area contributed by atoms with E-state index in [1.165, 1.54) is 18.2 Å². The monoisotopic (exact) mass is 297 g/mol. The first-order chi connectivity index (χ1) is 10.5. The minimum Gasteiger partial charge on any atom is -0.489 e. The zero-order valence-electron chi connectivity index (χ0n) is 11.7. The molecule has 0 aliphatic carbocycles. The van der Waals surface area contributed by atoms with Crippen molar-refractivity contribution in [2.24, 2.45) is 5.73 Å². The third-order valence-electron chi connectivity index (χ3n) is 2.88. The fourth-order valence-corrected chi connectivity index (χ4v) is 1.85. The standard InChI is InChI=1S/C17H15NO4/c18-17(21)14-8-13(6-7-16(19)20)9-15(10-14)22-11-12-4-2-1-3-5-12/h1-10H,11H2,(H2,18,21)(H,19,20)/b7-6+. The lowest BCUT2D eigenvalue weighted by Crippen LogP contribution is -2.11. The predicted octanol–water partition coefficient (Wildman–Crippen LogP) is 2.46. The van der Waals surface area contributed by atoms with Gasteiger partial charge in [0.1, 0.15) is 12.4 Å². The van der Waals surface area contributed by atoms with E-state index in [-0.39, 0.29) is 5.56 Å². The summed E-state index contributed by atoms with van der Waals surface area (Å²) in [6.07, 6.45) is 2.37. The number of carbonyl (C=O) groups excluding carboxylic acids is 1. The Morgan fingerprint density at radius 3 is 2.50 bits per heavy atom. The van der Waals surface area contributed by atoms with Gasteiger partial charge in [-0.3, -0.25) is 4.79 Å². The number of carboxylic acid groups (broad SMARTS) is 1. The van der Waals surface area contributed by atoms with Crippen molar-refractivity contribution in [2.75, 3.05) is 0 Å². The van der Waals surface area contributed by atoms with E-state index in [1.54, 1.807) is 6.07 Å². The van der Waals surface area contributed by atoms with E-state index in [4.69, 9.17) is 15.6 Å². The molecule has 5 heteroatoms. The Morgan fingerprint density at radius 2 is 1.86 bits per heavy atom. The molecule has 3 N–H and O–H groups in total. The summed E-state index contributed by atoms with van der Waals surface area (Å²) in [7, 11) is 0. The molecule has 0 atom stereocenters. The van der Waals surface area contributed by atoms with Crippen molar-refractivity contribution in [1.82, 2.24) is 0 Å². The van der Waals surface area contributed by atoms with E-state index in [2.05, 4.69) is 0 Å². The molecule has 0 radical (unpaired) electrons. The van der Waals surface area contributed by atoms with Crippen LogP contribution in [0.15, 0.2) is 54.6 Å². The van der Waals surface area contributed by atoms with Crippen LogP contribution in [0.5, 0.6) is 5.75 Å². The third kappa shape index (κ3) is 4.49. The number of nitrogens with two attached hydrogens (primary N) is 1. The van der Waals surface area contributed by atoms with Gasteiger partial charge in [-0.1, -0.05) is 30.3 Å². The number of hydrogen-bond acceptors (Lipinski definition) is 3. The number of ether oxygens (including phenoxy) is 1. The second-order valence-electron chi connectivity index (χ2n) is 4.60. The maximum absolute atomic E-state index is 11.3. The van der Waals surface area contributed by atoms with Crippen LogP contribution in [0.25, 0.3) is 6.08 Å². The molecule has 2 rings (SSSR count). The molecule has 0 aromatic heterocycles. The van der Waals surface area contributed by atoms with Gasteiger partial charge in [-0.2, -0.15) is 0 Å². The largest absolute Gasteiger partial charge is 0.489 e. The summed E-state index contributed by atoms with van der Waals surface area (Å²) in [5, 5.41) is 8.66. The molecule has 0 aliphatic heterocycles. The van der Waals surface area contributed by atoms with Crippen LogP contribution in [-0.2, 0) is 11.4 Å². The van der Waals surface area contributed by atoms with Crippen molar-refractivity contribution in [3.05, 3.63) is 71.3 Å². The van der Waals surface area contributed by atoms with E-state index < -0.39 is 11.9 Å². The van der Waals surface area contributed by atoms with E-state index in [9.17, 15) is 9.59 Å². The Labute approximate surface area is 127 Å². The van der Waals surface area contributed by atoms with Crippen LogP contribution in [0.2, 0.25) is 0 Å². The number of carbonyl (C=O) groups is 2. The second kappa shape index (κ2) is 7.08. The minimum atomic E-state index is -1.07. The van der Waals surface area contributed by atoms with E-state index in [0.717, 1.165) is 11.6 Å². The first-order valence-corrected chi connectivity index (χ1v) is 6.57. The molecule has 2 aromatic carbocycles. The Kier molecular flexibility index (Phi) is 4.93. The zero-order valence-corrected chi connectivity index (χ0v) is 11.7. The van der Waals surface area contributed by atoms with Gasteiger partial charge in [0.2, 0.25) is 5.91 Å². The van der Waals surface area contributed by atoms with Crippen molar-refractivity contribution in [2.45, 2.75) is 6.61 Å².